The van der Waals surface area contributed by atoms with Crippen LogP contribution in [0, 0.1) is 6.92 Å². The van der Waals surface area contributed by atoms with Gasteiger partial charge in [-0.05, 0) is 44.0 Å². The summed E-state index contributed by atoms with van der Waals surface area (Å²) in [5, 5.41) is 5.53. The van der Waals surface area contributed by atoms with Gasteiger partial charge in [0.25, 0.3) is 11.8 Å². The molecule has 1 unspecified atom stereocenters. The molecule has 180 valence electrons. The lowest BCUT2D eigenvalue weighted by molar-refractivity contribution is -0.133. The molecule has 2 heterocycles. The van der Waals surface area contributed by atoms with Gasteiger partial charge < -0.3 is 21.1 Å². The summed E-state index contributed by atoms with van der Waals surface area (Å²) in [6.07, 6.45) is 0. The lowest BCUT2D eigenvalue weighted by Crippen LogP contribution is -2.42. The van der Waals surface area contributed by atoms with Crippen LogP contribution in [0.4, 0.5) is 9.80 Å². The zero-order valence-corrected chi connectivity index (χ0v) is 20.6. The summed E-state index contributed by atoms with van der Waals surface area (Å²) in [7, 11) is 0. The Kier molecular flexibility index (Phi) is 7.20. The third kappa shape index (κ3) is 4.59. The number of ether oxygens (including phenoxy) is 1. The van der Waals surface area contributed by atoms with Crippen molar-refractivity contribution in [2.45, 2.75) is 26.3 Å². The van der Waals surface area contributed by atoms with Crippen molar-refractivity contribution >= 4 is 69.3 Å². The summed E-state index contributed by atoms with van der Waals surface area (Å²) in [6, 6.07) is 3.70. The molecule has 10 nitrogen and oxygen atoms in total. The minimum Gasteiger partial charge on any atom is -0.462 e. The number of nitrogens with two attached hydrogens (primary N) is 1. The van der Waals surface area contributed by atoms with Gasteiger partial charge in [-0.1, -0.05) is 29.3 Å². The number of hydrogen-bond acceptors (Lipinski definition) is 7. The van der Waals surface area contributed by atoms with E-state index in [1.54, 1.807) is 13.0 Å². The number of rotatable bonds is 7. The molecule has 0 bridgehead atoms. The summed E-state index contributed by atoms with van der Waals surface area (Å²) in [4.78, 5) is 63.3. The monoisotopic (exact) mass is 526 g/mol. The molecule has 1 fully saturated rings. The van der Waals surface area contributed by atoms with E-state index >= 15 is 0 Å². The lowest BCUT2D eigenvalue weighted by Gasteiger charge is -2.22. The Bertz CT molecular complexity index is 1230. The summed E-state index contributed by atoms with van der Waals surface area (Å²) >= 11 is 12.8. The first-order valence-corrected chi connectivity index (χ1v) is 11.5. The van der Waals surface area contributed by atoms with Crippen molar-refractivity contribution in [2.75, 3.05) is 18.5 Å². The standard InChI is InChI=1S/C21H20Cl2N4O6S/c1-4-33-18(30)14-9(2)15(16(24)29)34-17(14)25-13(28)8-27-19(31)21(3,26-20(27)32)10-5-6-11(22)12(23)7-10/h5-7H,4,8H2,1-3H3,(H2,24,29)(H,25,28)(H,26,32). The van der Waals surface area contributed by atoms with E-state index < -0.39 is 41.8 Å². The van der Waals surface area contributed by atoms with Gasteiger partial charge in [-0.3, -0.25) is 19.3 Å². The predicted octanol–water partition coefficient (Wildman–Crippen LogP) is 3.04. The van der Waals surface area contributed by atoms with Crippen LogP contribution >= 0.6 is 34.5 Å². The lowest BCUT2D eigenvalue weighted by atomic mass is 9.92. The molecule has 1 aromatic carbocycles. The first-order chi connectivity index (χ1) is 15.9. The van der Waals surface area contributed by atoms with E-state index in [0.29, 0.717) is 5.56 Å². The van der Waals surface area contributed by atoms with Crippen molar-refractivity contribution in [3.8, 4) is 0 Å². The van der Waals surface area contributed by atoms with Crippen LogP contribution in [0.3, 0.4) is 0 Å². The van der Waals surface area contributed by atoms with E-state index in [-0.39, 0.29) is 37.7 Å². The fourth-order valence-electron chi connectivity index (χ4n) is 3.44. The highest BCUT2D eigenvalue weighted by Crippen LogP contribution is 2.35. The minimum absolute atomic E-state index is 0.0214. The molecule has 5 amide bonds. The number of thiophene rings is 1. The van der Waals surface area contributed by atoms with Crippen molar-refractivity contribution in [3.63, 3.8) is 0 Å². The summed E-state index contributed by atoms with van der Waals surface area (Å²) in [6.45, 7) is 4.01. The molecule has 0 spiro atoms. The van der Waals surface area contributed by atoms with Crippen LogP contribution in [-0.2, 0) is 19.9 Å². The normalized spacial score (nSPS) is 17.5. The maximum absolute atomic E-state index is 13.1. The third-order valence-corrected chi connectivity index (χ3v) is 7.14. The van der Waals surface area contributed by atoms with E-state index in [9.17, 15) is 24.0 Å². The predicted molar refractivity (Wildman–Crippen MR) is 126 cm³/mol. The molecule has 2 aromatic rings. The van der Waals surface area contributed by atoms with Crippen LogP contribution in [-0.4, -0.2) is 47.8 Å². The quantitative estimate of drug-likeness (QED) is 0.373. The second-order valence-corrected chi connectivity index (χ2v) is 9.30. The molecule has 0 aliphatic carbocycles. The number of nitrogens with one attached hydrogen (secondary N) is 2. The zero-order valence-electron chi connectivity index (χ0n) is 18.3. The number of esters is 1. The van der Waals surface area contributed by atoms with Crippen molar-refractivity contribution in [3.05, 3.63) is 49.8 Å². The first kappa shape index (κ1) is 25.5. The molecule has 0 radical (unpaired) electrons. The average molecular weight is 527 g/mol. The van der Waals surface area contributed by atoms with Crippen molar-refractivity contribution < 1.29 is 28.7 Å². The molecule has 3 rings (SSSR count). The molecule has 1 aliphatic heterocycles. The van der Waals surface area contributed by atoms with E-state index in [0.717, 1.165) is 16.2 Å². The van der Waals surface area contributed by atoms with Crippen LogP contribution in [0.1, 0.15) is 45.0 Å². The van der Waals surface area contributed by atoms with Crippen LogP contribution < -0.4 is 16.4 Å². The topological polar surface area (TPSA) is 148 Å². The largest absolute Gasteiger partial charge is 0.462 e. The molecular weight excluding hydrogens is 507 g/mol. The first-order valence-electron chi connectivity index (χ1n) is 9.90. The SMILES string of the molecule is CCOC(=O)c1c(NC(=O)CN2C(=O)NC(C)(c3ccc(Cl)c(Cl)c3)C2=O)sc(C(N)=O)c1C. The number of imide groups is 1. The third-order valence-electron chi connectivity index (χ3n) is 5.18. The number of anilines is 1. The molecule has 1 aliphatic rings. The number of carbonyl (C=O) groups excluding carboxylic acids is 5. The van der Waals surface area contributed by atoms with Crippen LogP contribution in [0.15, 0.2) is 18.2 Å². The van der Waals surface area contributed by atoms with Gasteiger partial charge in [0.2, 0.25) is 5.91 Å². The van der Waals surface area contributed by atoms with Gasteiger partial charge in [0.15, 0.2) is 0 Å². The average Bonchev–Trinajstić information content (AvgIpc) is 3.19. The van der Waals surface area contributed by atoms with Crippen molar-refractivity contribution in [2.24, 2.45) is 5.73 Å². The van der Waals surface area contributed by atoms with Gasteiger partial charge in [-0.15, -0.1) is 11.3 Å². The smallest absolute Gasteiger partial charge is 0.341 e. The van der Waals surface area contributed by atoms with Gasteiger partial charge >= 0.3 is 12.0 Å². The molecular formula is C21H20Cl2N4O6S. The van der Waals surface area contributed by atoms with Gasteiger partial charge in [0, 0.05) is 0 Å². The maximum atomic E-state index is 13.1. The second-order valence-electron chi connectivity index (χ2n) is 7.47. The fourth-order valence-corrected chi connectivity index (χ4v) is 4.80. The Morgan fingerprint density at radius 3 is 2.50 bits per heavy atom. The van der Waals surface area contributed by atoms with Crippen LogP contribution in [0.5, 0.6) is 0 Å². The molecule has 1 aromatic heterocycles. The highest BCUT2D eigenvalue weighted by atomic mass is 35.5. The number of urea groups is 1. The van der Waals surface area contributed by atoms with E-state index in [1.165, 1.54) is 26.0 Å². The fraction of sp³-hybridized carbons (Fsp3) is 0.286. The van der Waals surface area contributed by atoms with Crippen molar-refractivity contribution in [1.82, 2.24) is 10.2 Å². The Hall–Kier alpha value is -3.15. The maximum Gasteiger partial charge on any atom is 0.341 e. The Balaban J connectivity index is 1.84. The summed E-state index contributed by atoms with van der Waals surface area (Å²) in [5.74, 6) is -2.98. The number of amides is 5. The van der Waals surface area contributed by atoms with Crippen molar-refractivity contribution in [1.29, 1.82) is 0 Å². The van der Waals surface area contributed by atoms with Gasteiger partial charge in [-0.25, -0.2) is 9.59 Å². The number of halogens is 2. The highest BCUT2D eigenvalue weighted by molar-refractivity contribution is 7.18. The zero-order chi connectivity index (χ0) is 25.4. The number of nitrogens with zero attached hydrogens (tertiary/aromatic N) is 1. The van der Waals surface area contributed by atoms with Gasteiger partial charge in [-0.2, -0.15) is 0 Å². The number of carbonyl (C=O) groups is 5. The van der Waals surface area contributed by atoms with Crippen LogP contribution in [0.25, 0.3) is 0 Å². The van der Waals surface area contributed by atoms with E-state index in [2.05, 4.69) is 10.6 Å². The Morgan fingerprint density at radius 1 is 1.24 bits per heavy atom. The summed E-state index contributed by atoms with van der Waals surface area (Å²) < 4.78 is 5.00. The molecule has 34 heavy (non-hydrogen) atoms. The Labute approximate surface area is 208 Å². The van der Waals surface area contributed by atoms with Crippen LogP contribution in [0.2, 0.25) is 10.0 Å². The highest BCUT2D eigenvalue weighted by Gasteiger charge is 2.49. The van der Waals surface area contributed by atoms with Gasteiger partial charge in [0.05, 0.1) is 27.1 Å². The molecule has 13 heteroatoms. The molecule has 1 saturated heterocycles. The Morgan fingerprint density at radius 2 is 1.91 bits per heavy atom. The van der Waals surface area contributed by atoms with E-state index in [4.69, 9.17) is 33.7 Å². The number of primary amides is 1. The molecule has 1 atom stereocenters. The van der Waals surface area contributed by atoms with Gasteiger partial charge in [0.1, 0.15) is 17.1 Å². The molecule has 4 N–H and O–H groups in total. The summed E-state index contributed by atoms with van der Waals surface area (Å²) in [5.41, 5.74) is 4.51. The second kappa shape index (κ2) is 9.61. The minimum atomic E-state index is -1.47. The van der Waals surface area contributed by atoms with E-state index in [1.807, 2.05) is 0 Å². The number of benzene rings is 1. The molecule has 0 saturated carbocycles. The number of hydrogen-bond donors (Lipinski definition) is 3.